The molecule has 0 spiro atoms. The summed E-state index contributed by atoms with van der Waals surface area (Å²) in [5.41, 5.74) is 0.441. The summed E-state index contributed by atoms with van der Waals surface area (Å²) in [6.07, 6.45) is -0.303. The fourth-order valence-corrected chi connectivity index (χ4v) is 5.15. The molecule has 1 heterocycles. The molecule has 0 radical (unpaired) electrons. The predicted molar refractivity (Wildman–Crippen MR) is 126 cm³/mol. The number of amides is 2. The van der Waals surface area contributed by atoms with E-state index in [-0.39, 0.29) is 29.0 Å². The van der Waals surface area contributed by atoms with Gasteiger partial charge < -0.3 is 9.84 Å². The smallest absolute Gasteiger partial charge is 0.322 e. The Kier molecular flexibility index (Phi) is 6.86. The van der Waals surface area contributed by atoms with Gasteiger partial charge in [0, 0.05) is 13.6 Å². The van der Waals surface area contributed by atoms with Crippen LogP contribution in [-0.4, -0.2) is 60.1 Å². The largest absolute Gasteiger partial charge is 0.480 e. The lowest BCUT2D eigenvalue weighted by atomic mass is 10.1. The first-order chi connectivity index (χ1) is 17.1. The minimum absolute atomic E-state index is 0.177. The van der Waals surface area contributed by atoms with Crippen LogP contribution in [0.4, 0.5) is 4.39 Å². The molecule has 1 aliphatic heterocycles. The lowest BCUT2D eigenvalue weighted by Crippen LogP contribution is -2.45. The third-order valence-corrected chi connectivity index (χ3v) is 7.66. The van der Waals surface area contributed by atoms with Crippen LogP contribution < -0.4 is 4.74 Å². The van der Waals surface area contributed by atoms with Crippen LogP contribution in [0.3, 0.4) is 0 Å². The van der Waals surface area contributed by atoms with Gasteiger partial charge in [0.1, 0.15) is 23.4 Å². The van der Waals surface area contributed by atoms with E-state index in [0.29, 0.717) is 15.8 Å². The molecular weight excluding hydrogens is 491 g/mol. The second-order valence-corrected chi connectivity index (χ2v) is 10.00. The Balaban J connectivity index is 1.47. The molecule has 4 rings (SSSR count). The van der Waals surface area contributed by atoms with Crippen molar-refractivity contribution in [1.82, 2.24) is 9.21 Å². The van der Waals surface area contributed by atoms with E-state index in [1.165, 1.54) is 60.7 Å². The van der Waals surface area contributed by atoms with Gasteiger partial charge >= 0.3 is 5.97 Å². The number of imide groups is 1. The zero-order valence-corrected chi connectivity index (χ0v) is 19.8. The number of carbonyl (C=O) groups is 3. The molecule has 0 aromatic heterocycles. The number of ether oxygens (including phenoxy) is 1. The SMILES string of the molecule is CN(C(CCN1C(=O)c2ccccc2C1=O)C(=O)O)S(=O)(=O)c1ccc(Oc2ccc(F)cc2)cc1. The van der Waals surface area contributed by atoms with Crippen molar-refractivity contribution in [3.05, 3.63) is 89.7 Å². The van der Waals surface area contributed by atoms with E-state index in [4.69, 9.17) is 4.74 Å². The quantitative estimate of drug-likeness (QED) is 0.436. The molecule has 1 atom stereocenters. The number of sulfonamides is 1. The highest BCUT2D eigenvalue weighted by atomic mass is 32.2. The van der Waals surface area contributed by atoms with Gasteiger partial charge in [0.2, 0.25) is 10.0 Å². The lowest BCUT2D eigenvalue weighted by molar-refractivity contribution is -0.141. The molecule has 9 nitrogen and oxygen atoms in total. The third-order valence-electron chi connectivity index (χ3n) is 5.78. The maximum absolute atomic E-state index is 13.1. The first-order valence-corrected chi connectivity index (χ1v) is 12.2. The predicted octanol–water partition coefficient (Wildman–Crippen LogP) is 3.38. The summed E-state index contributed by atoms with van der Waals surface area (Å²) >= 11 is 0. The van der Waals surface area contributed by atoms with Crippen LogP contribution in [0.1, 0.15) is 27.1 Å². The van der Waals surface area contributed by atoms with Crippen molar-refractivity contribution >= 4 is 27.8 Å². The van der Waals surface area contributed by atoms with Crippen LogP contribution in [0, 0.1) is 5.82 Å². The van der Waals surface area contributed by atoms with Crippen molar-refractivity contribution in [2.24, 2.45) is 0 Å². The maximum atomic E-state index is 13.1. The van der Waals surface area contributed by atoms with Gasteiger partial charge in [-0.15, -0.1) is 0 Å². The molecule has 36 heavy (non-hydrogen) atoms. The van der Waals surface area contributed by atoms with Crippen molar-refractivity contribution < 1.29 is 37.0 Å². The van der Waals surface area contributed by atoms with Crippen molar-refractivity contribution in [1.29, 1.82) is 0 Å². The number of carbonyl (C=O) groups excluding carboxylic acids is 2. The number of hydrogen-bond acceptors (Lipinski definition) is 6. The second kappa shape index (κ2) is 9.88. The molecule has 0 bridgehead atoms. The molecule has 1 aliphatic rings. The average molecular weight is 513 g/mol. The van der Waals surface area contributed by atoms with E-state index in [1.54, 1.807) is 12.1 Å². The molecular formula is C25H21FN2O7S. The van der Waals surface area contributed by atoms with Crippen LogP contribution in [0.15, 0.2) is 77.7 Å². The number of halogens is 1. The Morgan fingerprint density at radius 1 is 0.944 bits per heavy atom. The topological polar surface area (TPSA) is 121 Å². The molecule has 1 N–H and O–H groups in total. The Hall–Kier alpha value is -4.09. The summed E-state index contributed by atoms with van der Waals surface area (Å²) < 4.78 is 45.5. The monoisotopic (exact) mass is 512 g/mol. The molecule has 2 amide bonds. The van der Waals surface area contributed by atoms with E-state index >= 15 is 0 Å². The number of fused-ring (bicyclic) bond motifs is 1. The molecule has 3 aromatic carbocycles. The zero-order chi connectivity index (χ0) is 26.0. The van der Waals surface area contributed by atoms with Crippen molar-refractivity contribution in [2.45, 2.75) is 17.4 Å². The highest BCUT2D eigenvalue weighted by Crippen LogP contribution is 2.26. The molecule has 0 aliphatic carbocycles. The van der Waals surface area contributed by atoms with E-state index in [0.717, 1.165) is 11.9 Å². The van der Waals surface area contributed by atoms with E-state index in [1.807, 2.05) is 0 Å². The van der Waals surface area contributed by atoms with Crippen LogP contribution >= 0.6 is 0 Å². The van der Waals surface area contributed by atoms with Crippen molar-refractivity contribution in [3.63, 3.8) is 0 Å². The summed E-state index contributed by atoms with van der Waals surface area (Å²) in [5.74, 6) is -2.31. The Labute approximate surface area is 206 Å². The fourth-order valence-electron chi connectivity index (χ4n) is 3.81. The van der Waals surface area contributed by atoms with Crippen LogP contribution in [0.2, 0.25) is 0 Å². The van der Waals surface area contributed by atoms with Gasteiger partial charge in [0.05, 0.1) is 16.0 Å². The number of aliphatic carboxylic acids is 1. The van der Waals surface area contributed by atoms with Crippen molar-refractivity contribution in [3.8, 4) is 11.5 Å². The molecule has 0 fully saturated rings. The fraction of sp³-hybridized carbons (Fsp3) is 0.160. The highest BCUT2D eigenvalue weighted by molar-refractivity contribution is 7.89. The average Bonchev–Trinajstić information content (AvgIpc) is 3.10. The van der Waals surface area contributed by atoms with Crippen LogP contribution in [-0.2, 0) is 14.8 Å². The number of benzene rings is 3. The molecule has 1 unspecified atom stereocenters. The minimum Gasteiger partial charge on any atom is -0.480 e. The summed E-state index contributed by atoms with van der Waals surface area (Å²) in [6, 6.07) is 15.3. The van der Waals surface area contributed by atoms with Gasteiger partial charge in [-0.3, -0.25) is 19.3 Å². The Morgan fingerprint density at radius 3 is 1.94 bits per heavy atom. The maximum Gasteiger partial charge on any atom is 0.322 e. The van der Waals surface area contributed by atoms with Crippen LogP contribution in [0.5, 0.6) is 11.5 Å². The first kappa shape index (κ1) is 25.0. The third kappa shape index (κ3) is 4.83. The summed E-state index contributed by atoms with van der Waals surface area (Å²) in [7, 11) is -3.12. The Morgan fingerprint density at radius 2 is 1.44 bits per heavy atom. The molecule has 0 saturated heterocycles. The summed E-state index contributed by atoms with van der Waals surface area (Å²) in [4.78, 5) is 37.8. The number of likely N-dealkylation sites (N-methyl/N-ethyl adjacent to an activating group) is 1. The molecule has 186 valence electrons. The second-order valence-electron chi connectivity index (χ2n) is 8.00. The van der Waals surface area contributed by atoms with E-state index in [9.17, 15) is 32.3 Å². The summed E-state index contributed by atoms with van der Waals surface area (Å²) in [5, 5.41) is 9.72. The van der Waals surface area contributed by atoms with E-state index < -0.39 is 39.7 Å². The number of hydrogen-bond donors (Lipinski definition) is 1. The Bertz CT molecular complexity index is 1390. The van der Waals surface area contributed by atoms with Gasteiger partial charge in [0.25, 0.3) is 11.8 Å². The van der Waals surface area contributed by atoms with Crippen LogP contribution in [0.25, 0.3) is 0 Å². The lowest BCUT2D eigenvalue weighted by Gasteiger charge is -2.25. The van der Waals surface area contributed by atoms with Gasteiger partial charge in [-0.2, -0.15) is 4.31 Å². The van der Waals surface area contributed by atoms with Gasteiger partial charge in [-0.05, 0) is 67.1 Å². The normalized spacial score (nSPS) is 14.1. The molecule has 0 saturated carbocycles. The number of carboxylic acid groups (broad SMARTS) is 1. The zero-order valence-electron chi connectivity index (χ0n) is 19.0. The summed E-state index contributed by atoms with van der Waals surface area (Å²) in [6.45, 7) is -0.270. The highest BCUT2D eigenvalue weighted by Gasteiger charge is 2.38. The number of carboxylic acids is 1. The van der Waals surface area contributed by atoms with E-state index in [2.05, 4.69) is 0 Å². The standard InChI is InChI=1S/C25H21FN2O7S/c1-27(22(25(31)32)14-15-28-23(29)20-4-2-3-5-21(20)24(28)30)36(33,34)19-12-10-18(11-13-19)35-17-8-6-16(26)7-9-17/h2-13,22H,14-15H2,1H3,(H,31,32). The first-order valence-electron chi connectivity index (χ1n) is 10.8. The number of rotatable bonds is 9. The number of nitrogens with zero attached hydrogens (tertiary/aromatic N) is 2. The van der Waals surface area contributed by atoms with Gasteiger partial charge in [0.15, 0.2) is 0 Å². The molecule has 11 heteroatoms. The van der Waals surface area contributed by atoms with Crippen molar-refractivity contribution in [2.75, 3.05) is 13.6 Å². The van der Waals surface area contributed by atoms with Gasteiger partial charge in [-0.25, -0.2) is 12.8 Å². The van der Waals surface area contributed by atoms with Gasteiger partial charge in [-0.1, -0.05) is 12.1 Å². The minimum atomic E-state index is -4.25. The molecule has 3 aromatic rings.